The maximum Gasteiger partial charge on any atom is 0.573 e. The lowest BCUT2D eigenvalue weighted by atomic mass is 10.1. The standard InChI is InChI=1S/C17H13F3N2O2/c1-22-10-14(13-7-2-3-8-15(13)22)16(23)21-11-5-4-6-12(9-11)24-17(18,19)20/h2-10H,1H3,(H,21,23). The highest BCUT2D eigenvalue weighted by atomic mass is 19.4. The van der Waals surface area contributed by atoms with E-state index in [0.717, 1.165) is 17.0 Å². The molecule has 0 aliphatic heterocycles. The summed E-state index contributed by atoms with van der Waals surface area (Å²) in [5.74, 6) is -0.797. The third-order valence-corrected chi connectivity index (χ3v) is 3.47. The molecule has 0 atom stereocenters. The molecule has 0 radical (unpaired) electrons. The normalized spacial score (nSPS) is 11.5. The minimum atomic E-state index is -4.78. The SMILES string of the molecule is Cn1cc(C(=O)Nc2cccc(OC(F)(F)F)c2)c2ccccc21. The fourth-order valence-corrected chi connectivity index (χ4v) is 2.49. The molecule has 0 aliphatic carbocycles. The zero-order valence-electron chi connectivity index (χ0n) is 12.6. The molecule has 7 heteroatoms. The molecule has 4 nitrogen and oxygen atoms in total. The number of alkyl halides is 3. The van der Waals surface area contributed by atoms with Crippen LogP contribution in [-0.4, -0.2) is 16.8 Å². The summed E-state index contributed by atoms with van der Waals surface area (Å²) >= 11 is 0. The lowest BCUT2D eigenvalue weighted by molar-refractivity contribution is -0.274. The van der Waals surface area contributed by atoms with Crippen LogP contribution in [0.4, 0.5) is 18.9 Å². The third kappa shape index (κ3) is 3.34. The number of nitrogens with zero attached hydrogens (tertiary/aromatic N) is 1. The number of anilines is 1. The van der Waals surface area contributed by atoms with Gasteiger partial charge in [-0.1, -0.05) is 24.3 Å². The van der Waals surface area contributed by atoms with E-state index in [4.69, 9.17) is 0 Å². The number of amides is 1. The zero-order chi connectivity index (χ0) is 17.3. The second-order valence-electron chi connectivity index (χ2n) is 5.20. The highest BCUT2D eigenvalue weighted by Crippen LogP contribution is 2.26. The minimum Gasteiger partial charge on any atom is -0.406 e. The molecule has 0 saturated carbocycles. The van der Waals surface area contributed by atoms with Crippen molar-refractivity contribution in [3.8, 4) is 5.75 Å². The number of carbonyl (C=O) groups excluding carboxylic acids is 1. The van der Waals surface area contributed by atoms with Crippen LogP contribution in [0.5, 0.6) is 5.75 Å². The molecule has 0 aliphatic rings. The number of hydrogen-bond acceptors (Lipinski definition) is 2. The van der Waals surface area contributed by atoms with Gasteiger partial charge in [0, 0.05) is 35.9 Å². The molecule has 3 rings (SSSR count). The summed E-state index contributed by atoms with van der Waals surface area (Å²) in [6.45, 7) is 0. The molecule has 1 N–H and O–H groups in total. The quantitative estimate of drug-likeness (QED) is 0.775. The first-order chi connectivity index (χ1) is 11.3. The maximum absolute atomic E-state index is 12.5. The van der Waals surface area contributed by atoms with Crippen LogP contribution in [0.2, 0.25) is 0 Å². The number of hydrogen-bond donors (Lipinski definition) is 1. The van der Waals surface area contributed by atoms with E-state index in [1.165, 1.54) is 18.2 Å². The van der Waals surface area contributed by atoms with Crippen molar-refractivity contribution in [3.05, 3.63) is 60.3 Å². The fraction of sp³-hybridized carbons (Fsp3) is 0.118. The molecule has 1 amide bonds. The molecule has 24 heavy (non-hydrogen) atoms. The van der Waals surface area contributed by atoms with E-state index in [0.29, 0.717) is 5.56 Å². The van der Waals surface area contributed by atoms with Crippen molar-refractivity contribution in [1.29, 1.82) is 0 Å². The highest BCUT2D eigenvalue weighted by Gasteiger charge is 2.31. The van der Waals surface area contributed by atoms with E-state index in [2.05, 4.69) is 10.1 Å². The summed E-state index contributed by atoms with van der Waals surface area (Å²) in [6, 6.07) is 12.5. The van der Waals surface area contributed by atoms with Gasteiger partial charge in [0.1, 0.15) is 5.75 Å². The molecule has 3 aromatic rings. The van der Waals surface area contributed by atoms with Crippen LogP contribution in [0.15, 0.2) is 54.7 Å². The first kappa shape index (κ1) is 15.9. The minimum absolute atomic E-state index is 0.217. The lowest BCUT2D eigenvalue weighted by Gasteiger charge is -2.10. The summed E-state index contributed by atoms with van der Waals surface area (Å²) in [7, 11) is 1.82. The Labute approximate surface area is 135 Å². The topological polar surface area (TPSA) is 43.3 Å². The molecule has 2 aromatic carbocycles. The van der Waals surface area contributed by atoms with Gasteiger partial charge in [-0.05, 0) is 18.2 Å². The number of nitrogens with one attached hydrogen (secondary N) is 1. The van der Waals surface area contributed by atoms with E-state index in [-0.39, 0.29) is 5.69 Å². The van der Waals surface area contributed by atoms with Gasteiger partial charge in [0.2, 0.25) is 0 Å². The molecule has 1 heterocycles. The van der Waals surface area contributed by atoms with Crippen LogP contribution in [-0.2, 0) is 7.05 Å². The first-order valence-electron chi connectivity index (χ1n) is 7.05. The van der Waals surface area contributed by atoms with E-state index in [1.807, 2.05) is 35.9 Å². The number of para-hydroxylation sites is 1. The smallest absolute Gasteiger partial charge is 0.406 e. The second kappa shape index (κ2) is 5.92. The van der Waals surface area contributed by atoms with Gasteiger partial charge in [-0.25, -0.2) is 0 Å². The lowest BCUT2D eigenvalue weighted by Crippen LogP contribution is -2.17. The Kier molecular flexibility index (Phi) is 3.92. The number of ether oxygens (including phenoxy) is 1. The largest absolute Gasteiger partial charge is 0.573 e. The Bertz CT molecular complexity index is 900. The average Bonchev–Trinajstić information content (AvgIpc) is 2.84. The Morgan fingerprint density at radius 1 is 1.12 bits per heavy atom. The van der Waals surface area contributed by atoms with Gasteiger partial charge in [0.05, 0.1) is 5.56 Å². The molecule has 0 unspecified atom stereocenters. The molecule has 124 valence electrons. The Hall–Kier alpha value is -2.96. The number of aryl methyl sites for hydroxylation is 1. The van der Waals surface area contributed by atoms with Crippen molar-refractivity contribution in [2.45, 2.75) is 6.36 Å². The van der Waals surface area contributed by atoms with Crippen molar-refractivity contribution in [2.24, 2.45) is 7.05 Å². The highest BCUT2D eigenvalue weighted by molar-refractivity contribution is 6.13. The summed E-state index contributed by atoms with van der Waals surface area (Å²) in [5.41, 5.74) is 1.54. The van der Waals surface area contributed by atoms with Gasteiger partial charge in [-0.15, -0.1) is 13.2 Å². The summed E-state index contributed by atoms with van der Waals surface area (Å²) in [5, 5.41) is 3.35. The van der Waals surface area contributed by atoms with Crippen molar-refractivity contribution in [2.75, 3.05) is 5.32 Å². The second-order valence-corrected chi connectivity index (χ2v) is 5.20. The zero-order valence-corrected chi connectivity index (χ0v) is 12.6. The van der Waals surface area contributed by atoms with Crippen LogP contribution in [0.3, 0.4) is 0 Å². The maximum atomic E-state index is 12.5. The van der Waals surface area contributed by atoms with Gasteiger partial charge in [0.25, 0.3) is 5.91 Å². The Morgan fingerprint density at radius 3 is 2.62 bits per heavy atom. The number of halogens is 3. The van der Waals surface area contributed by atoms with Gasteiger partial charge in [-0.2, -0.15) is 0 Å². The van der Waals surface area contributed by atoms with E-state index in [1.54, 1.807) is 6.20 Å². The van der Waals surface area contributed by atoms with Crippen LogP contribution in [0.25, 0.3) is 10.9 Å². The van der Waals surface area contributed by atoms with Gasteiger partial charge >= 0.3 is 6.36 Å². The summed E-state index contributed by atoms with van der Waals surface area (Å²) in [4.78, 5) is 12.5. The molecular formula is C17H13F3N2O2. The van der Waals surface area contributed by atoms with E-state index < -0.39 is 18.0 Å². The fourth-order valence-electron chi connectivity index (χ4n) is 2.49. The van der Waals surface area contributed by atoms with Crippen LogP contribution < -0.4 is 10.1 Å². The average molecular weight is 334 g/mol. The molecular weight excluding hydrogens is 321 g/mol. The van der Waals surface area contributed by atoms with Crippen molar-refractivity contribution >= 4 is 22.5 Å². The third-order valence-electron chi connectivity index (χ3n) is 3.47. The number of benzene rings is 2. The molecule has 0 fully saturated rings. The predicted molar refractivity (Wildman–Crippen MR) is 84.0 cm³/mol. The molecule has 0 bridgehead atoms. The molecule has 1 aromatic heterocycles. The first-order valence-corrected chi connectivity index (χ1v) is 7.05. The van der Waals surface area contributed by atoms with Gasteiger partial charge < -0.3 is 14.6 Å². The molecule has 0 saturated heterocycles. The van der Waals surface area contributed by atoms with Crippen molar-refractivity contribution in [3.63, 3.8) is 0 Å². The number of aromatic nitrogens is 1. The van der Waals surface area contributed by atoms with Crippen molar-refractivity contribution < 1.29 is 22.7 Å². The van der Waals surface area contributed by atoms with E-state index in [9.17, 15) is 18.0 Å². The summed E-state index contributed by atoms with van der Waals surface area (Å²) in [6.07, 6.45) is -3.10. The monoisotopic (exact) mass is 334 g/mol. The molecule has 0 spiro atoms. The summed E-state index contributed by atoms with van der Waals surface area (Å²) < 4.78 is 42.5. The number of rotatable bonds is 3. The Morgan fingerprint density at radius 2 is 1.88 bits per heavy atom. The van der Waals surface area contributed by atoms with Crippen LogP contribution in [0, 0.1) is 0 Å². The van der Waals surface area contributed by atoms with Crippen LogP contribution in [0.1, 0.15) is 10.4 Å². The predicted octanol–water partition coefficient (Wildman–Crippen LogP) is 4.33. The number of carbonyl (C=O) groups is 1. The van der Waals surface area contributed by atoms with Crippen LogP contribution >= 0.6 is 0 Å². The van der Waals surface area contributed by atoms with Gasteiger partial charge in [0.15, 0.2) is 0 Å². The van der Waals surface area contributed by atoms with E-state index >= 15 is 0 Å². The Balaban J connectivity index is 1.85. The van der Waals surface area contributed by atoms with Gasteiger partial charge in [-0.3, -0.25) is 4.79 Å². The number of fused-ring (bicyclic) bond motifs is 1. The van der Waals surface area contributed by atoms with Crippen molar-refractivity contribution in [1.82, 2.24) is 4.57 Å².